The highest BCUT2D eigenvalue weighted by Gasteiger charge is 2.64. The Morgan fingerprint density at radius 1 is 1.00 bits per heavy atom. The number of carbonyl (C=O) groups is 2. The molecule has 2 aliphatic rings. The molecule has 258 valence electrons. The van der Waals surface area contributed by atoms with Crippen LogP contribution in [0.5, 0.6) is 0 Å². The summed E-state index contributed by atoms with van der Waals surface area (Å²) < 4.78 is 79.0. The number of nitrogen functional groups attached to an aromatic ring is 2. The number of terminal acetylenes is 1. The minimum Gasteiger partial charge on any atom is -0.460 e. The first kappa shape index (κ1) is 37.6. The van der Waals surface area contributed by atoms with E-state index in [2.05, 4.69) is 15.9 Å². The van der Waals surface area contributed by atoms with Gasteiger partial charge < -0.3 is 40.6 Å². The summed E-state index contributed by atoms with van der Waals surface area (Å²) in [6.45, 7) is 4.55. The third-order valence-electron chi connectivity index (χ3n) is 6.77. The summed E-state index contributed by atoms with van der Waals surface area (Å²) in [5, 5.41) is 18.9. The topological polar surface area (TPSA) is 233 Å². The summed E-state index contributed by atoms with van der Waals surface area (Å²) in [6.07, 6.45) is -7.07. The largest absolute Gasteiger partial charge is 0.460 e. The Labute approximate surface area is 276 Å². The first-order valence-electron chi connectivity index (χ1n) is 13.3. The van der Waals surface area contributed by atoms with Gasteiger partial charge in [-0.3, -0.25) is 18.7 Å². The second-order valence-electron chi connectivity index (χ2n) is 10.3. The maximum atomic E-state index is 14.9. The second-order valence-corrected chi connectivity index (χ2v) is 11.5. The Kier molecular flexibility index (Phi) is 11.3. The molecule has 0 amide bonds. The van der Waals surface area contributed by atoms with E-state index in [9.17, 15) is 47.0 Å². The lowest BCUT2D eigenvalue weighted by molar-refractivity contribution is -0.176. The summed E-state index contributed by atoms with van der Waals surface area (Å²) in [7, 11) is 0. The van der Waals surface area contributed by atoms with Crippen molar-refractivity contribution in [3.05, 3.63) is 42.5 Å². The number of hydrogen-bond acceptors (Lipinski definition) is 14. The molecule has 2 aromatic heterocycles. The van der Waals surface area contributed by atoms with E-state index in [4.69, 9.17) is 36.8 Å². The molecule has 4 heterocycles. The van der Waals surface area contributed by atoms with Crippen LogP contribution in [0, 0.1) is 15.9 Å². The van der Waals surface area contributed by atoms with Crippen molar-refractivity contribution < 1.29 is 56.3 Å². The fourth-order valence-electron chi connectivity index (χ4n) is 4.63. The molecule has 2 saturated heterocycles. The van der Waals surface area contributed by atoms with Crippen molar-refractivity contribution in [2.24, 2.45) is 0 Å². The van der Waals surface area contributed by atoms with Crippen LogP contribution in [0.2, 0.25) is 0 Å². The van der Waals surface area contributed by atoms with Gasteiger partial charge in [0.2, 0.25) is 12.5 Å². The van der Waals surface area contributed by atoms with Gasteiger partial charge in [0, 0.05) is 26.2 Å². The standard InChI is InChI=1S/C14H16F2IN3O6.C12H13F2N3O4/c1-5(24-6(2)21)9-10(25-7(3)22)14(15,16)12(26-9)20-4-8(17)11(18)19-13(20)23;1-3-6-4-17(11(20)16-9(6)15)10-12(13,14)8(19)7(21-10)5(2)18/h4-5,9-10,12H,1-3H3,(H2,18,19,23);1,4-5,7-8,10,18-19H,2H3,(H2,15,16,20)/t5?,9-,10-,12-;5?,7-,8-,10-/m11/s1. The average molecular weight is 788 g/mol. The number of hydrogen-bond donors (Lipinski definition) is 4. The number of carbonyl (C=O) groups excluding carboxylic acids is 2. The molecule has 0 radical (unpaired) electrons. The normalized spacial score (nSPS) is 27.1. The molecule has 16 nitrogen and oxygen atoms in total. The molecule has 21 heteroatoms. The third-order valence-corrected chi connectivity index (χ3v) is 7.60. The number of nitrogens with zero attached hydrogens (tertiary/aromatic N) is 4. The maximum Gasteiger partial charge on any atom is 0.351 e. The number of aromatic nitrogens is 4. The molecule has 2 aliphatic heterocycles. The van der Waals surface area contributed by atoms with E-state index in [-0.39, 0.29) is 20.8 Å². The molecule has 6 N–H and O–H groups in total. The van der Waals surface area contributed by atoms with Crippen LogP contribution < -0.4 is 22.8 Å². The van der Waals surface area contributed by atoms with Crippen molar-refractivity contribution in [1.29, 1.82) is 0 Å². The van der Waals surface area contributed by atoms with Crippen molar-refractivity contribution in [2.75, 3.05) is 11.5 Å². The highest BCUT2D eigenvalue weighted by molar-refractivity contribution is 14.1. The van der Waals surface area contributed by atoms with Gasteiger partial charge in [-0.2, -0.15) is 27.5 Å². The predicted octanol–water partition coefficient (Wildman–Crippen LogP) is -0.0727. The van der Waals surface area contributed by atoms with Gasteiger partial charge in [-0.15, -0.1) is 6.42 Å². The van der Waals surface area contributed by atoms with Gasteiger partial charge in [-0.25, -0.2) is 9.59 Å². The SMILES string of the molecule is C#Cc1cn([C@@H]2O[C@H](C(C)O)[C@@H](O)C2(F)F)c(=O)nc1N.CC(=O)OC(C)[C@H]1O[C@@H](n2cc(I)c(N)nc2=O)C(F)(F)[C@@H]1OC(C)=O. The minimum absolute atomic E-state index is 0.0658. The number of esters is 2. The van der Waals surface area contributed by atoms with Gasteiger partial charge in [0.25, 0.3) is 0 Å². The van der Waals surface area contributed by atoms with Crippen LogP contribution in [0.15, 0.2) is 22.0 Å². The molecule has 8 atom stereocenters. The van der Waals surface area contributed by atoms with Crippen molar-refractivity contribution in [2.45, 2.75) is 88.6 Å². The highest BCUT2D eigenvalue weighted by Crippen LogP contribution is 2.46. The number of aliphatic hydroxyl groups excluding tert-OH is 2. The summed E-state index contributed by atoms with van der Waals surface area (Å²) in [4.78, 5) is 52.9. The van der Waals surface area contributed by atoms with Gasteiger partial charge >= 0.3 is 35.2 Å². The Morgan fingerprint density at radius 3 is 2.00 bits per heavy atom. The number of aliphatic hydroxyl groups is 2. The van der Waals surface area contributed by atoms with Crippen LogP contribution in [-0.2, 0) is 28.5 Å². The molecule has 0 aromatic carbocycles. The van der Waals surface area contributed by atoms with Crippen LogP contribution in [0.3, 0.4) is 0 Å². The first-order valence-corrected chi connectivity index (χ1v) is 14.4. The molecular formula is C26H29F4IN6O10. The molecule has 2 aromatic rings. The van der Waals surface area contributed by atoms with Gasteiger partial charge in [0.05, 0.1) is 15.2 Å². The van der Waals surface area contributed by atoms with Crippen LogP contribution in [0.25, 0.3) is 0 Å². The van der Waals surface area contributed by atoms with Crippen LogP contribution >= 0.6 is 22.6 Å². The van der Waals surface area contributed by atoms with Crippen molar-refractivity contribution in [1.82, 2.24) is 19.1 Å². The Bertz CT molecular complexity index is 1680. The smallest absolute Gasteiger partial charge is 0.351 e. The number of rotatable bonds is 6. The summed E-state index contributed by atoms with van der Waals surface area (Å²) in [5.74, 6) is -7.60. The molecule has 0 saturated carbocycles. The van der Waals surface area contributed by atoms with E-state index < -0.39 is 84.2 Å². The van der Waals surface area contributed by atoms with Crippen LogP contribution in [0.1, 0.15) is 45.7 Å². The number of ether oxygens (including phenoxy) is 4. The zero-order valence-electron chi connectivity index (χ0n) is 24.8. The zero-order chi connectivity index (χ0) is 35.8. The van der Waals surface area contributed by atoms with Gasteiger partial charge in [0.1, 0.15) is 29.9 Å². The Hall–Kier alpha value is -3.85. The zero-order valence-corrected chi connectivity index (χ0v) is 27.0. The molecule has 4 rings (SSSR count). The molecule has 0 spiro atoms. The van der Waals surface area contributed by atoms with E-state index in [1.165, 1.54) is 13.8 Å². The lowest BCUT2D eigenvalue weighted by Crippen LogP contribution is -2.46. The average Bonchev–Trinajstić information content (AvgIpc) is 3.34. The first-order chi connectivity index (χ1) is 21.6. The molecule has 2 unspecified atom stereocenters. The summed E-state index contributed by atoms with van der Waals surface area (Å²) in [5.41, 5.74) is 8.65. The van der Waals surface area contributed by atoms with E-state index in [0.29, 0.717) is 9.13 Å². The Balaban J connectivity index is 0.000000261. The van der Waals surface area contributed by atoms with Crippen molar-refractivity contribution in [3.8, 4) is 12.3 Å². The van der Waals surface area contributed by atoms with Crippen LogP contribution in [0.4, 0.5) is 29.2 Å². The van der Waals surface area contributed by atoms with Gasteiger partial charge in [-0.1, -0.05) is 5.92 Å². The second kappa shape index (κ2) is 14.1. The fraction of sp³-hybridized carbons (Fsp3) is 0.538. The van der Waals surface area contributed by atoms with Crippen molar-refractivity contribution >= 4 is 46.2 Å². The lowest BCUT2D eigenvalue weighted by Gasteiger charge is -2.25. The molecule has 2 fully saturated rings. The molecule has 0 bridgehead atoms. The van der Waals surface area contributed by atoms with Crippen LogP contribution in [-0.4, -0.2) is 89.7 Å². The van der Waals surface area contributed by atoms with E-state index in [1.807, 2.05) is 0 Å². The number of nitrogens with two attached hydrogens (primary N) is 2. The molecular weight excluding hydrogens is 759 g/mol. The quantitative estimate of drug-likeness (QED) is 0.130. The summed E-state index contributed by atoms with van der Waals surface area (Å²) >= 11 is 1.72. The van der Waals surface area contributed by atoms with E-state index in [0.717, 1.165) is 26.2 Å². The van der Waals surface area contributed by atoms with E-state index in [1.54, 1.807) is 22.6 Å². The number of anilines is 2. The predicted molar refractivity (Wildman–Crippen MR) is 159 cm³/mol. The van der Waals surface area contributed by atoms with Crippen molar-refractivity contribution in [3.63, 3.8) is 0 Å². The maximum absolute atomic E-state index is 14.9. The lowest BCUT2D eigenvalue weighted by atomic mass is 10.1. The van der Waals surface area contributed by atoms with E-state index >= 15 is 0 Å². The molecule has 0 aliphatic carbocycles. The third kappa shape index (κ3) is 7.67. The Morgan fingerprint density at radius 2 is 1.51 bits per heavy atom. The van der Waals surface area contributed by atoms with Gasteiger partial charge in [-0.05, 0) is 36.4 Å². The number of alkyl halides is 4. The summed E-state index contributed by atoms with van der Waals surface area (Å²) in [6, 6.07) is 0. The number of halogens is 5. The fourth-order valence-corrected chi connectivity index (χ4v) is 5.05. The highest BCUT2D eigenvalue weighted by atomic mass is 127. The monoisotopic (exact) mass is 788 g/mol. The minimum atomic E-state index is -3.81. The molecule has 47 heavy (non-hydrogen) atoms. The van der Waals surface area contributed by atoms with Gasteiger partial charge in [0.15, 0.2) is 12.2 Å².